The van der Waals surface area contributed by atoms with Crippen LogP contribution >= 0.6 is 0 Å². The molecular formula is C21H21NO5. The molecule has 2 aromatic heterocycles. The predicted octanol–water partition coefficient (Wildman–Crippen LogP) is 4.21. The second-order valence-electron chi connectivity index (χ2n) is 6.36. The van der Waals surface area contributed by atoms with Crippen molar-refractivity contribution < 1.29 is 23.5 Å². The van der Waals surface area contributed by atoms with Gasteiger partial charge in [0.25, 0.3) is 0 Å². The second kappa shape index (κ2) is 7.23. The van der Waals surface area contributed by atoms with Crippen LogP contribution in [0.4, 0.5) is 0 Å². The van der Waals surface area contributed by atoms with Gasteiger partial charge in [-0.1, -0.05) is 18.2 Å². The van der Waals surface area contributed by atoms with Crippen molar-refractivity contribution in [1.29, 1.82) is 0 Å². The molecule has 3 rings (SSSR count). The number of hydrogen-bond acceptors (Lipinski definition) is 6. The summed E-state index contributed by atoms with van der Waals surface area (Å²) in [7, 11) is 1.31. The van der Waals surface area contributed by atoms with Gasteiger partial charge in [-0.15, -0.1) is 0 Å². The topological polar surface area (TPSA) is 78.6 Å². The number of pyridine rings is 1. The summed E-state index contributed by atoms with van der Waals surface area (Å²) in [5.41, 5.74) is 3.30. The highest BCUT2D eigenvalue weighted by molar-refractivity contribution is 5.98. The van der Waals surface area contributed by atoms with Crippen molar-refractivity contribution in [2.45, 2.75) is 34.3 Å². The fourth-order valence-electron chi connectivity index (χ4n) is 3.22. The Kier molecular flexibility index (Phi) is 4.99. The highest BCUT2D eigenvalue weighted by atomic mass is 16.5. The minimum absolute atomic E-state index is 0.141. The van der Waals surface area contributed by atoms with E-state index in [1.165, 1.54) is 7.11 Å². The van der Waals surface area contributed by atoms with E-state index < -0.39 is 11.9 Å². The zero-order valence-corrected chi connectivity index (χ0v) is 16.0. The maximum absolute atomic E-state index is 12.5. The summed E-state index contributed by atoms with van der Waals surface area (Å²) in [6.07, 6.45) is 0. The highest BCUT2D eigenvalue weighted by Gasteiger charge is 2.23. The molecule has 6 heteroatoms. The van der Waals surface area contributed by atoms with Crippen molar-refractivity contribution >= 4 is 22.8 Å². The van der Waals surface area contributed by atoms with Crippen LogP contribution in [0.25, 0.3) is 10.9 Å². The van der Waals surface area contributed by atoms with E-state index >= 15 is 0 Å². The number of methoxy groups -OCH3 is 1. The lowest BCUT2D eigenvalue weighted by atomic mass is 10.0. The summed E-state index contributed by atoms with van der Waals surface area (Å²) in [5.74, 6) is 0.161. The van der Waals surface area contributed by atoms with Crippen LogP contribution in [0.1, 0.15) is 49.1 Å². The molecule has 0 spiro atoms. The number of hydrogen-bond donors (Lipinski definition) is 0. The zero-order valence-electron chi connectivity index (χ0n) is 16.0. The molecule has 0 atom stereocenters. The predicted molar refractivity (Wildman–Crippen MR) is 99.9 cm³/mol. The molecule has 0 N–H and O–H groups in total. The first kappa shape index (κ1) is 18.6. The lowest BCUT2D eigenvalue weighted by Crippen LogP contribution is -2.14. The Labute approximate surface area is 157 Å². The van der Waals surface area contributed by atoms with Crippen LogP contribution in [0.15, 0.2) is 28.7 Å². The number of benzene rings is 1. The number of esters is 2. The molecule has 0 radical (unpaired) electrons. The fourth-order valence-corrected chi connectivity index (χ4v) is 3.22. The molecule has 2 heterocycles. The number of rotatable bonds is 4. The maximum atomic E-state index is 12.5. The summed E-state index contributed by atoms with van der Waals surface area (Å²) in [4.78, 5) is 29.4. The SMILES string of the molecule is COC(=O)c1c(COC(=O)c2c(C)oc(C)c2C)nc2ccccc2c1C. The number of furan rings is 1. The first-order valence-corrected chi connectivity index (χ1v) is 8.55. The molecule has 0 aliphatic rings. The number of nitrogens with zero attached hydrogens (tertiary/aromatic N) is 1. The first-order chi connectivity index (χ1) is 12.8. The van der Waals surface area contributed by atoms with E-state index in [1.54, 1.807) is 20.8 Å². The monoisotopic (exact) mass is 367 g/mol. The summed E-state index contributed by atoms with van der Waals surface area (Å²) >= 11 is 0. The smallest absolute Gasteiger partial charge is 0.342 e. The Balaban J connectivity index is 1.98. The molecule has 140 valence electrons. The van der Waals surface area contributed by atoms with E-state index in [9.17, 15) is 9.59 Å². The van der Waals surface area contributed by atoms with Gasteiger partial charge < -0.3 is 13.9 Å². The maximum Gasteiger partial charge on any atom is 0.342 e. The van der Waals surface area contributed by atoms with E-state index in [4.69, 9.17) is 13.9 Å². The quantitative estimate of drug-likeness (QED) is 0.643. The Hall–Kier alpha value is -3.15. The van der Waals surface area contributed by atoms with E-state index in [0.29, 0.717) is 28.3 Å². The molecule has 0 saturated heterocycles. The van der Waals surface area contributed by atoms with Crippen LogP contribution in [0.5, 0.6) is 0 Å². The van der Waals surface area contributed by atoms with Crippen molar-refractivity contribution in [2.24, 2.45) is 0 Å². The Morgan fingerprint density at radius 1 is 0.963 bits per heavy atom. The minimum Gasteiger partial charge on any atom is -0.465 e. The molecule has 0 aliphatic carbocycles. The van der Waals surface area contributed by atoms with Crippen molar-refractivity contribution in [3.63, 3.8) is 0 Å². The number of para-hydroxylation sites is 1. The van der Waals surface area contributed by atoms with Crippen molar-refractivity contribution in [1.82, 2.24) is 4.98 Å². The van der Waals surface area contributed by atoms with Crippen LogP contribution in [0.3, 0.4) is 0 Å². The van der Waals surface area contributed by atoms with Crippen LogP contribution < -0.4 is 0 Å². The third-order valence-corrected chi connectivity index (χ3v) is 4.72. The van der Waals surface area contributed by atoms with Crippen LogP contribution in [0, 0.1) is 27.7 Å². The first-order valence-electron chi connectivity index (χ1n) is 8.55. The summed E-state index contributed by atoms with van der Waals surface area (Å²) < 4.78 is 15.8. The minimum atomic E-state index is -0.511. The number of carbonyl (C=O) groups excluding carboxylic acids is 2. The van der Waals surface area contributed by atoms with E-state index in [-0.39, 0.29) is 6.61 Å². The van der Waals surface area contributed by atoms with Gasteiger partial charge in [-0.3, -0.25) is 0 Å². The summed E-state index contributed by atoms with van der Waals surface area (Å²) in [6.45, 7) is 7.01. The van der Waals surface area contributed by atoms with Gasteiger partial charge >= 0.3 is 11.9 Å². The normalized spacial score (nSPS) is 10.9. The molecule has 0 aliphatic heterocycles. The highest BCUT2D eigenvalue weighted by Crippen LogP contribution is 2.26. The van der Waals surface area contributed by atoms with E-state index in [1.807, 2.05) is 31.2 Å². The van der Waals surface area contributed by atoms with Gasteiger partial charge in [0, 0.05) is 10.9 Å². The van der Waals surface area contributed by atoms with Crippen molar-refractivity contribution in [2.75, 3.05) is 7.11 Å². The lowest BCUT2D eigenvalue weighted by Gasteiger charge is -2.13. The van der Waals surface area contributed by atoms with Gasteiger partial charge in [-0.05, 0) is 39.3 Å². The molecular weight excluding hydrogens is 346 g/mol. The number of aryl methyl sites for hydroxylation is 3. The molecule has 0 saturated carbocycles. The van der Waals surface area contributed by atoms with Crippen molar-refractivity contribution in [3.05, 3.63) is 63.7 Å². The number of aromatic nitrogens is 1. The van der Waals surface area contributed by atoms with Crippen LogP contribution in [0.2, 0.25) is 0 Å². The zero-order chi connectivity index (χ0) is 19.7. The van der Waals surface area contributed by atoms with Gasteiger partial charge in [0.2, 0.25) is 0 Å². The average Bonchev–Trinajstić information content (AvgIpc) is 2.91. The molecule has 6 nitrogen and oxygen atoms in total. The molecule has 0 amide bonds. The van der Waals surface area contributed by atoms with Gasteiger partial charge in [-0.2, -0.15) is 0 Å². The second-order valence-corrected chi connectivity index (χ2v) is 6.36. The average molecular weight is 367 g/mol. The Morgan fingerprint density at radius 2 is 1.67 bits per heavy atom. The van der Waals surface area contributed by atoms with Gasteiger partial charge in [-0.25, -0.2) is 14.6 Å². The molecule has 1 aromatic carbocycles. The van der Waals surface area contributed by atoms with Crippen molar-refractivity contribution in [3.8, 4) is 0 Å². The molecule has 27 heavy (non-hydrogen) atoms. The third-order valence-electron chi connectivity index (χ3n) is 4.72. The molecule has 0 bridgehead atoms. The standard InChI is InChI=1S/C21H21NO5/c1-11-13(3)27-14(4)18(11)21(24)26-10-17-19(20(23)25-5)12(2)15-8-6-7-9-16(15)22-17/h6-9H,10H2,1-5H3. The van der Waals surface area contributed by atoms with Crippen LogP contribution in [-0.4, -0.2) is 24.0 Å². The van der Waals surface area contributed by atoms with Crippen LogP contribution in [-0.2, 0) is 16.1 Å². The van der Waals surface area contributed by atoms with Gasteiger partial charge in [0.1, 0.15) is 23.7 Å². The number of ether oxygens (including phenoxy) is 2. The summed E-state index contributed by atoms with van der Waals surface area (Å²) in [5, 5.41) is 0.852. The van der Waals surface area contributed by atoms with E-state index in [0.717, 1.165) is 22.0 Å². The fraction of sp³-hybridized carbons (Fsp3) is 0.286. The van der Waals surface area contributed by atoms with Gasteiger partial charge in [0.15, 0.2) is 0 Å². The van der Waals surface area contributed by atoms with E-state index in [2.05, 4.69) is 4.98 Å². The molecule has 0 unspecified atom stereocenters. The molecule has 3 aromatic rings. The third kappa shape index (κ3) is 3.30. The largest absolute Gasteiger partial charge is 0.465 e. The lowest BCUT2D eigenvalue weighted by molar-refractivity contribution is 0.0453. The molecule has 0 fully saturated rings. The van der Waals surface area contributed by atoms with Gasteiger partial charge in [0.05, 0.1) is 23.9 Å². The summed E-state index contributed by atoms with van der Waals surface area (Å²) in [6, 6.07) is 7.48. The Morgan fingerprint density at radius 3 is 2.30 bits per heavy atom. The Bertz CT molecular complexity index is 1050. The number of carbonyl (C=O) groups is 2. The number of fused-ring (bicyclic) bond motifs is 1.